The van der Waals surface area contributed by atoms with Crippen molar-refractivity contribution < 1.29 is 9.53 Å². The highest BCUT2D eigenvalue weighted by molar-refractivity contribution is 5.56. The number of hydrogen-bond acceptors (Lipinski definition) is 3. The molecule has 1 fully saturated rings. The van der Waals surface area contributed by atoms with Gasteiger partial charge in [-0.15, -0.1) is 0 Å². The molecule has 2 unspecified atom stereocenters. The van der Waals surface area contributed by atoms with Crippen molar-refractivity contribution in [2.45, 2.75) is 31.5 Å². The van der Waals surface area contributed by atoms with Gasteiger partial charge in [0, 0.05) is 13.2 Å². The first kappa shape index (κ1) is 9.40. The number of aryl methyl sites for hydroxylation is 1. The maximum absolute atomic E-state index is 10.6. The fourth-order valence-corrected chi connectivity index (χ4v) is 1.87. The Kier molecular flexibility index (Phi) is 2.63. The van der Waals surface area contributed by atoms with E-state index in [9.17, 15) is 4.79 Å². The molecular formula is C10H14N2O2. The molecule has 76 valence electrons. The van der Waals surface area contributed by atoms with E-state index in [0.717, 1.165) is 31.2 Å². The van der Waals surface area contributed by atoms with E-state index >= 15 is 0 Å². The van der Waals surface area contributed by atoms with Crippen LogP contribution in [0, 0.1) is 0 Å². The lowest BCUT2D eigenvalue weighted by Gasteiger charge is -2.26. The van der Waals surface area contributed by atoms with Gasteiger partial charge in [-0.25, -0.2) is 0 Å². The fraction of sp³-hybridized carbons (Fsp3) is 0.600. The number of aldehydes is 1. The lowest BCUT2D eigenvalue weighted by atomic mass is 10.0. The molecule has 0 N–H and O–H groups in total. The molecule has 0 bridgehead atoms. The average Bonchev–Trinajstić information content (AvgIpc) is 2.65. The molecule has 2 rings (SSSR count). The minimum atomic E-state index is -0.233. The van der Waals surface area contributed by atoms with E-state index in [0.29, 0.717) is 0 Å². The zero-order valence-corrected chi connectivity index (χ0v) is 8.22. The number of rotatable bonds is 2. The lowest BCUT2D eigenvalue weighted by molar-refractivity contribution is -0.127. The van der Waals surface area contributed by atoms with Crippen LogP contribution in [-0.2, 0) is 16.6 Å². The van der Waals surface area contributed by atoms with E-state index in [-0.39, 0.29) is 12.2 Å². The molecule has 2 heterocycles. The van der Waals surface area contributed by atoms with Crippen LogP contribution in [0.15, 0.2) is 12.3 Å². The third-order valence-electron chi connectivity index (χ3n) is 2.63. The summed E-state index contributed by atoms with van der Waals surface area (Å²) < 4.78 is 7.44. The molecule has 2 atom stereocenters. The summed E-state index contributed by atoms with van der Waals surface area (Å²) in [6.45, 7) is 0. The minimum absolute atomic E-state index is 0.0337. The molecule has 0 spiro atoms. The normalized spacial score (nSPS) is 27.5. The minimum Gasteiger partial charge on any atom is -0.361 e. The highest BCUT2D eigenvalue weighted by atomic mass is 16.5. The van der Waals surface area contributed by atoms with Crippen LogP contribution in [0.1, 0.15) is 31.1 Å². The number of carbonyl (C=O) groups is 1. The Morgan fingerprint density at radius 3 is 3.14 bits per heavy atom. The number of ether oxygens (including phenoxy) is 1. The molecule has 4 nitrogen and oxygen atoms in total. The van der Waals surface area contributed by atoms with Gasteiger partial charge in [0.2, 0.25) is 0 Å². The predicted octanol–water partition coefficient (Wildman–Crippen LogP) is 1.23. The van der Waals surface area contributed by atoms with Crippen molar-refractivity contribution in [3.05, 3.63) is 18.0 Å². The first-order valence-electron chi connectivity index (χ1n) is 4.90. The van der Waals surface area contributed by atoms with Crippen molar-refractivity contribution >= 4 is 6.29 Å². The standard InChI is InChI=1S/C10H14N2O2/c1-12-9(5-6-11-12)10-4-2-3-8(7-13)14-10/h5-8,10H,2-4H2,1H3. The van der Waals surface area contributed by atoms with Crippen LogP contribution in [0.2, 0.25) is 0 Å². The van der Waals surface area contributed by atoms with Crippen LogP contribution in [0.3, 0.4) is 0 Å². The van der Waals surface area contributed by atoms with Crippen molar-refractivity contribution in [1.29, 1.82) is 0 Å². The summed E-state index contributed by atoms with van der Waals surface area (Å²) in [6.07, 6.45) is 5.31. The molecule has 1 saturated heterocycles. The lowest BCUT2D eigenvalue weighted by Crippen LogP contribution is -2.24. The quantitative estimate of drug-likeness (QED) is 0.665. The second-order valence-electron chi connectivity index (χ2n) is 3.61. The molecule has 1 aliphatic rings. The van der Waals surface area contributed by atoms with Gasteiger partial charge >= 0.3 is 0 Å². The smallest absolute Gasteiger partial charge is 0.148 e. The molecule has 1 aromatic rings. The van der Waals surface area contributed by atoms with Gasteiger partial charge < -0.3 is 9.53 Å². The molecule has 1 aliphatic heterocycles. The SMILES string of the molecule is Cn1nccc1C1CCCC(C=O)O1. The van der Waals surface area contributed by atoms with Gasteiger partial charge in [0.05, 0.1) is 5.69 Å². The van der Waals surface area contributed by atoms with Gasteiger partial charge in [-0.05, 0) is 25.3 Å². The van der Waals surface area contributed by atoms with Crippen LogP contribution < -0.4 is 0 Å². The summed E-state index contributed by atoms with van der Waals surface area (Å²) in [4.78, 5) is 10.6. The number of aromatic nitrogens is 2. The van der Waals surface area contributed by atoms with Gasteiger partial charge in [-0.3, -0.25) is 4.68 Å². The molecule has 0 aromatic carbocycles. The van der Waals surface area contributed by atoms with E-state index < -0.39 is 0 Å². The largest absolute Gasteiger partial charge is 0.361 e. The van der Waals surface area contributed by atoms with Crippen LogP contribution in [-0.4, -0.2) is 22.2 Å². The monoisotopic (exact) mass is 194 g/mol. The number of nitrogens with zero attached hydrogens (tertiary/aromatic N) is 2. The second-order valence-corrected chi connectivity index (χ2v) is 3.61. The Bertz CT molecular complexity index is 322. The van der Waals surface area contributed by atoms with Crippen LogP contribution in [0.4, 0.5) is 0 Å². The van der Waals surface area contributed by atoms with Gasteiger partial charge in [0.15, 0.2) is 0 Å². The third kappa shape index (κ3) is 1.70. The van der Waals surface area contributed by atoms with E-state index in [1.165, 1.54) is 0 Å². The molecule has 1 aromatic heterocycles. The number of carbonyl (C=O) groups excluding carboxylic acids is 1. The molecule has 0 radical (unpaired) electrons. The van der Waals surface area contributed by atoms with E-state index in [1.807, 2.05) is 13.1 Å². The Hall–Kier alpha value is -1.16. The summed E-state index contributed by atoms with van der Waals surface area (Å²) in [5, 5.41) is 4.09. The van der Waals surface area contributed by atoms with Crippen molar-refractivity contribution in [2.75, 3.05) is 0 Å². The van der Waals surface area contributed by atoms with Crippen molar-refractivity contribution in [1.82, 2.24) is 9.78 Å². The van der Waals surface area contributed by atoms with E-state index in [1.54, 1.807) is 10.9 Å². The topological polar surface area (TPSA) is 44.1 Å². The molecule has 0 aliphatic carbocycles. The second kappa shape index (κ2) is 3.92. The maximum atomic E-state index is 10.6. The number of hydrogen-bond donors (Lipinski definition) is 0. The van der Waals surface area contributed by atoms with Crippen molar-refractivity contribution in [3.8, 4) is 0 Å². The summed E-state index contributed by atoms with van der Waals surface area (Å²) in [7, 11) is 1.89. The van der Waals surface area contributed by atoms with Crippen LogP contribution in [0.25, 0.3) is 0 Å². The first-order valence-corrected chi connectivity index (χ1v) is 4.90. The maximum Gasteiger partial charge on any atom is 0.148 e. The van der Waals surface area contributed by atoms with E-state index in [2.05, 4.69) is 5.10 Å². The molecule has 0 saturated carbocycles. The average molecular weight is 194 g/mol. The first-order chi connectivity index (χ1) is 6.81. The zero-order chi connectivity index (χ0) is 9.97. The molecule has 14 heavy (non-hydrogen) atoms. The van der Waals surface area contributed by atoms with Crippen molar-refractivity contribution in [3.63, 3.8) is 0 Å². The highest BCUT2D eigenvalue weighted by Gasteiger charge is 2.24. The van der Waals surface area contributed by atoms with Gasteiger partial charge in [0.1, 0.15) is 18.5 Å². The van der Waals surface area contributed by atoms with Gasteiger partial charge in [-0.1, -0.05) is 0 Å². The van der Waals surface area contributed by atoms with Gasteiger partial charge in [0.25, 0.3) is 0 Å². The Labute approximate surface area is 82.9 Å². The Morgan fingerprint density at radius 1 is 1.64 bits per heavy atom. The highest BCUT2D eigenvalue weighted by Crippen LogP contribution is 2.29. The fourth-order valence-electron chi connectivity index (χ4n) is 1.87. The van der Waals surface area contributed by atoms with Crippen LogP contribution in [0.5, 0.6) is 0 Å². The third-order valence-corrected chi connectivity index (χ3v) is 2.63. The molecule has 0 amide bonds. The van der Waals surface area contributed by atoms with Crippen molar-refractivity contribution in [2.24, 2.45) is 7.05 Å². The molecule has 4 heteroatoms. The predicted molar refractivity (Wildman–Crippen MR) is 50.7 cm³/mol. The Morgan fingerprint density at radius 2 is 2.50 bits per heavy atom. The molecular weight excluding hydrogens is 180 g/mol. The summed E-state index contributed by atoms with van der Waals surface area (Å²) in [6, 6.07) is 1.94. The Balaban J connectivity index is 2.11. The van der Waals surface area contributed by atoms with Gasteiger partial charge in [-0.2, -0.15) is 5.10 Å². The summed E-state index contributed by atoms with van der Waals surface area (Å²) in [5.41, 5.74) is 1.05. The van der Waals surface area contributed by atoms with E-state index in [4.69, 9.17) is 4.74 Å². The van der Waals surface area contributed by atoms with Crippen LogP contribution >= 0.6 is 0 Å². The summed E-state index contributed by atoms with van der Waals surface area (Å²) in [5.74, 6) is 0. The summed E-state index contributed by atoms with van der Waals surface area (Å²) >= 11 is 0. The zero-order valence-electron chi connectivity index (χ0n) is 8.22.